The maximum absolute atomic E-state index is 13.3. The van der Waals surface area contributed by atoms with Crippen molar-refractivity contribution in [2.45, 2.75) is 24.0 Å². The van der Waals surface area contributed by atoms with Gasteiger partial charge >= 0.3 is 6.18 Å². The Hall–Kier alpha value is -1.91. The third kappa shape index (κ3) is 4.34. The van der Waals surface area contributed by atoms with E-state index in [1.54, 1.807) is 0 Å². The van der Waals surface area contributed by atoms with E-state index in [1.807, 2.05) is 0 Å². The molecule has 4 nitrogen and oxygen atoms in total. The molecule has 0 spiro atoms. The summed E-state index contributed by atoms with van der Waals surface area (Å²) < 4.78 is 93.4. The second-order valence-electron chi connectivity index (χ2n) is 6.64. The number of sulfonamides is 1. The lowest BCUT2D eigenvalue weighted by atomic mass is 10.1. The molecule has 0 radical (unpaired) electrons. The largest absolute Gasteiger partial charge is 0.418 e. The van der Waals surface area contributed by atoms with Gasteiger partial charge in [-0.05, 0) is 43.3 Å². The van der Waals surface area contributed by atoms with Crippen molar-refractivity contribution in [2.75, 3.05) is 24.5 Å². The van der Waals surface area contributed by atoms with Crippen LogP contribution in [-0.2, 0) is 16.2 Å². The van der Waals surface area contributed by atoms with Gasteiger partial charge in [0.2, 0.25) is 10.0 Å². The second kappa shape index (κ2) is 7.73. The van der Waals surface area contributed by atoms with Gasteiger partial charge in [0.25, 0.3) is 0 Å². The van der Waals surface area contributed by atoms with Crippen molar-refractivity contribution in [3.05, 3.63) is 58.6 Å². The summed E-state index contributed by atoms with van der Waals surface area (Å²) in [7, 11) is -4.08. The van der Waals surface area contributed by atoms with Gasteiger partial charge in [-0.15, -0.1) is 0 Å². The number of anilines is 1. The molecule has 0 saturated carbocycles. The summed E-state index contributed by atoms with van der Waals surface area (Å²) in [5.74, 6) is -1.70. The molecule has 1 atom stereocenters. The summed E-state index contributed by atoms with van der Waals surface area (Å²) in [4.78, 5) is 1.09. The van der Waals surface area contributed by atoms with E-state index in [-0.39, 0.29) is 35.2 Å². The third-order valence-electron chi connectivity index (χ3n) is 4.65. The van der Waals surface area contributed by atoms with Gasteiger partial charge in [-0.25, -0.2) is 17.2 Å². The molecule has 2 aromatic carbocycles. The Bertz CT molecular complexity index is 1030. The zero-order chi connectivity index (χ0) is 21.6. The molecule has 158 valence electrons. The van der Waals surface area contributed by atoms with E-state index in [2.05, 4.69) is 0 Å². The zero-order valence-electron chi connectivity index (χ0n) is 15.0. The smallest absolute Gasteiger partial charge is 0.368 e. The fraction of sp³-hybridized carbons (Fsp3) is 0.333. The van der Waals surface area contributed by atoms with Crippen LogP contribution in [0.3, 0.4) is 0 Å². The first kappa shape index (κ1) is 21.8. The molecule has 11 heteroatoms. The van der Waals surface area contributed by atoms with E-state index in [4.69, 9.17) is 11.6 Å². The summed E-state index contributed by atoms with van der Waals surface area (Å²) in [5, 5.41) is -0.280. The van der Waals surface area contributed by atoms with Gasteiger partial charge in [0.15, 0.2) is 0 Å². The highest BCUT2D eigenvalue weighted by Gasteiger charge is 2.39. The maximum atomic E-state index is 13.3. The first-order valence-electron chi connectivity index (χ1n) is 8.50. The van der Waals surface area contributed by atoms with E-state index in [1.165, 1.54) is 11.8 Å². The summed E-state index contributed by atoms with van der Waals surface area (Å²) in [6, 6.07) is 4.57. The Kier molecular flexibility index (Phi) is 5.81. The summed E-state index contributed by atoms with van der Waals surface area (Å²) in [6.45, 7) is 1.33. The van der Waals surface area contributed by atoms with E-state index in [0.29, 0.717) is 6.07 Å². The van der Waals surface area contributed by atoms with Crippen LogP contribution in [0.15, 0.2) is 41.3 Å². The fourth-order valence-electron chi connectivity index (χ4n) is 3.34. The highest BCUT2D eigenvalue weighted by atomic mass is 35.5. The maximum Gasteiger partial charge on any atom is 0.418 e. The lowest BCUT2D eigenvalue weighted by molar-refractivity contribution is -0.137. The Balaban J connectivity index is 1.89. The minimum absolute atomic E-state index is 0.0445. The topological polar surface area (TPSA) is 40.6 Å². The standard InChI is InChI=1S/C18H16ClF5N2O2S/c1-11-10-25(16-4-2-12(20)8-14(16)18(22,23)24)6-7-26(11)29(27,28)17-5-3-13(21)9-15(17)19/h2-5,8-9,11H,6-7,10H2,1H3. The molecule has 1 fully saturated rings. The number of alkyl halides is 3. The van der Waals surface area contributed by atoms with E-state index < -0.39 is 39.4 Å². The number of rotatable bonds is 3. The minimum Gasteiger partial charge on any atom is -0.368 e. The van der Waals surface area contributed by atoms with Gasteiger partial charge in [-0.2, -0.15) is 17.5 Å². The molecule has 0 aromatic heterocycles. The molecular formula is C18H16ClF5N2O2S. The van der Waals surface area contributed by atoms with Gasteiger partial charge in [0.1, 0.15) is 16.5 Å². The lowest BCUT2D eigenvalue weighted by Gasteiger charge is -2.40. The molecule has 29 heavy (non-hydrogen) atoms. The molecule has 0 amide bonds. The summed E-state index contributed by atoms with van der Waals surface area (Å²) in [6.07, 6.45) is -4.76. The highest BCUT2D eigenvalue weighted by Crippen LogP contribution is 2.38. The van der Waals surface area contributed by atoms with Crippen molar-refractivity contribution < 1.29 is 30.4 Å². The Morgan fingerprint density at radius 1 is 1.03 bits per heavy atom. The average Bonchev–Trinajstić information content (AvgIpc) is 2.60. The van der Waals surface area contributed by atoms with Crippen LogP contribution in [0.25, 0.3) is 0 Å². The van der Waals surface area contributed by atoms with Gasteiger partial charge in [0, 0.05) is 31.4 Å². The van der Waals surface area contributed by atoms with Crippen LogP contribution >= 0.6 is 11.6 Å². The number of piperazine rings is 1. The van der Waals surface area contributed by atoms with Crippen molar-refractivity contribution >= 4 is 27.3 Å². The molecule has 2 aromatic rings. The number of hydrogen-bond donors (Lipinski definition) is 0. The normalized spacial score (nSPS) is 18.9. The first-order valence-corrected chi connectivity index (χ1v) is 10.3. The van der Waals surface area contributed by atoms with Crippen LogP contribution in [0.1, 0.15) is 12.5 Å². The van der Waals surface area contributed by atoms with Gasteiger partial charge in [0.05, 0.1) is 10.6 Å². The van der Waals surface area contributed by atoms with Crippen LogP contribution in [0.4, 0.5) is 27.6 Å². The zero-order valence-corrected chi connectivity index (χ0v) is 16.6. The van der Waals surface area contributed by atoms with Gasteiger partial charge < -0.3 is 4.90 Å². The van der Waals surface area contributed by atoms with E-state index in [0.717, 1.165) is 34.6 Å². The molecule has 1 unspecified atom stereocenters. The molecule has 3 rings (SSSR count). The lowest BCUT2D eigenvalue weighted by Crippen LogP contribution is -2.54. The van der Waals surface area contributed by atoms with Gasteiger partial charge in [-0.3, -0.25) is 0 Å². The number of hydrogen-bond acceptors (Lipinski definition) is 3. The van der Waals surface area contributed by atoms with Crippen molar-refractivity contribution in [3.8, 4) is 0 Å². The molecule has 1 aliphatic rings. The van der Waals surface area contributed by atoms with E-state index >= 15 is 0 Å². The van der Waals surface area contributed by atoms with Crippen molar-refractivity contribution in [3.63, 3.8) is 0 Å². The second-order valence-corrected chi connectivity index (χ2v) is 8.91. The number of benzene rings is 2. The highest BCUT2D eigenvalue weighted by molar-refractivity contribution is 7.89. The molecule has 0 N–H and O–H groups in total. The molecular weight excluding hydrogens is 439 g/mol. The van der Waals surface area contributed by atoms with Crippen molar-refractivity contribution in [1.82, 2.24) is 4.31 Å². The number of halogens is 6. The van der Waals surface area contributed by atoms with Crippen molar-refractivity contribution in [2.24, 2.45) is 0 Å². The SMILES string of the molecule is CC1CN(c2ccc(F)cc2C(F)(F)F)CCN1S(=O)(=O)c1ccc(F)cc1Cl. The van der Waals surface area contributed by atoms with E-state index in [9.17, 15) is 30.4 Å². The minimum atomic E-state index is -4.76. The molecule has 1 heterocycles. The van der Waals surface area contributed by atoms with Crippen LogP contribution in [0.5, 0.6) is 0 Å². The first-order chi connectivity index (χ1) is 13.4. The Morgan fingerprint density at radius 2 is 1.66 bits per heavy atom. The number of nitrogens with zero attached hydrogens (tertiary/aromatic N) is 2. The van der Waals surface area contributed by atoms with Crippen molar-refractivity contribution in [1.29, 1.82) is 0 Å². The Morgan fingerprint density at radius 3 is 2.24 bits per heavy atom. The van der Waals surface area contributed by atoms with Crippen LogP contribution in [0, 0.1) is 11.6 Å². The third-order valence-corrected chi connectivity index (χ3v) is 7.15. The molecule has 1 saturated heterocycles. The molecule has 0 bridgehead atoms. The molecule has 0 aliphatic carbocycles. The van der Waals surface area contributed by atoms with Crippen LogP contribution in [0.2, 0.25) is 5.02 Å². The van der Waals surface area contributed by atoms with Gasteiger partial charge in [-0.1, -0.05) is 11.6 Å². The quantitative estimate of drug-likeness (QED) is 0.639. The fourth-order valence-corrected chi connectivity index (χ4v) is 5.46. The van der Waals surface area contributed by atoms with Crippen LogP contribution in [-0.4, -0.2) is 38.4 Å². The predicted octanol–water partition coefficient (Wildman–Crippen LogP) is 4.54. The van der Waals surface area contributed by atoms with Crippen LogP contribution < -0.4 is 4.90 Å². The predicted molar refractivity (Wildman–Crippen MR) is 98.4 cm³/mol. The molecule has 1 aliphatic heterocycles. The summed E-state index contributed by atoms with van der Waals surface area (Å²) >= 11 is 5.87. The average molecular weight is 455 g/mol. The Labute approximate surface area is 169 Å². The summed E-state index contributed by atoms with van der Waals surface area (Å²) in [5.41, 5.74) is -1.34. The monoisotopic (exact) mass is 454 g/mol.